The highest BCUT2D eigenvalue weighted by atomic mass is 19.1. The number of imidazole rings is 1. The van der Waals surface area contributed by atoms with Crippen molar-refractivity contribution >= 4 is 28.7 Å². The highest BCUT2D eigenvalue weighted by molar-refractivity contribution is 6.05. The van der Waals surface area contributed by atoms with E-state index in [4.69, 9.17) is 0 Å². The van der Waals surface area contributed by atoms with E-state index < -0.39 is 5.60 Å². The Bertz CT molecular complexity index is 1490. The lowest BCUT2D eigenvalue weighted by molar-refractivity contribution is 0.0110. The first-order valence-corrected chi connectivity index (χ1v) is 12.4. The summed E-state index contributed by atoms with van der Waals surface area (Å²) in [6.07, 6.45) is 8.71. The molecule has 4 aromatic rings. The number of carbonyl (C=O) groups is 1. The van der Waals surface area contributed by atoms with Crippen LogP contribution >= 0.6 is 0 Å². The molecule has 0 aliphatic carbocycles. The Morgan fingerprint density at radius 1 is 1.16 bits per heavy atom. The fourth-order valence-corrected chi connectivity index (χ4v) is 5.26. The zero-order chi connectivity index (χ0) is 25.7. The number of pyridine rings is 3. The van der Waals surface area contributed by atoms with Crippen molar-refractivity contribution in [3.05, 3.63) is 66.0 Å². The molecule has 1 amide bonds. The molecule has 190 valence electrons. The quantitative estimate of drug-likeness (QED) is 0.381. The average Bonchev–Trinajstić information content (AvgIpc) is 3.48. The van der Waals surface area contributed by atoms with Crippen LogP contribution in [0.4, 0.5) is 21.6 Å². The van der Waals surface area contributed by atoms with Gasteiger partial charge >= 0.3 is 0 Å². The maximum Gasteiger partial charge on any atom is 0.254 e. The molecule has 9 nitrogen and oxygen atoms in total. The van der Waals surface area contributed by atoms with Gasteiger partial charge in [0.05, 0.1) is 52.5 Å². The van der Waals surface area contributed by atoms with Gasteiger partial charge in [0.1, 0.15) is 17.3 Å². The van der Waals surface area contributed by atoms with Gasteiger partial charge in [-0.15, -0.1) is 0 Å². The van der Waals surface area contributed by atoms with Crippen molar-refractivity contribution < 1.29 is 14.3 Å². The van der Waals surface area contributed by atoms with E-state index in [0.29, 0.717) is 40.6 Å². The van der Waals surface area contributed by atoms with E-state index >= 15 is 0 Å². The number of anilines is 3. The molecule has 1 saturated heterocycles. The molecule has 1 fully saturated rings. The second kappa shape index (κ2) is 8.81. The van der Waals surface area contributed by atoms with Crippen LogP contribution in [0, 0.1) is 11.7 Å². The molecule has 1 unspecified atom stereocenters. The van der Waals surface area contributed by atoms with E-state index in [2.05, 4.69) is 30.5 Å². The van der Waals surface area contributed by atoms with Crippen LogP contribution in [0.5, 0.6) is 0 Å². The summed E-state index contributed by atoms with van der Waals surface area (Å²) in [5.41, 5.74) is 3.88. The fraction of sp³-hybridized carbons (Fsp3) is 0.333. The van der Waals surface area contributed by atoms with Crippen molar-refractivity contribution in [2.75, 3.05) is 23.3 Å². The number of fused-ring (bicyclic) bond motifs is 2. The zero-order valence-electron chi connectivity index (χ0n) is 20.7. The highest BCUT2D eigenvalue weighted by Crippen LogP contribution is 2.34. The van der Waals surface area contributed by atoms with Crippen LogP contribution in [0.25, 0.3) is 17.0 Å². The van der Waals surface area contributed by atoms with Crippen molar-refractivity contribution in [2.45, 2.75) is 38.8 Å². The molecule has 0 saturated carbocycles. The number of aliphatic hydroxyl groups is 1. The summed E-state index contributed by atoms with van der Waals surface area (Å²) in [6, 6.07) is 6.60. The van der Waals surface area contributed by atoms with Gasteiger partial charge in [0.15, 0.2) is 0 Å². The van der Waals surface area contributed by atoms with Crippen molar-refractivity contribution in [1.82, 2.24) is 24.7 Å². The Labute approximate surface area is 213 Å². The predicted molar refractivity (Wildman–Crippen MR) is 138 cm³/mol. The smallest absolute Gasteiger partial charge is 0.254 e. The largest absolute Gasteiger partial charge is 0.390 e. The molecule has 0 bridgehead atoms. The molecule has 6 heterocycles. The molecule has 10 heteroatoms. The van der Waals surface area contributed by atoms with Crippen LogP contribution < -0.4 is 15.5 Å². The lowest BCUT2D eigenvalue weighted by Gasteiger charge is -2.39. The van der Waals surface area contributed by atoms with E-state index in [0.717, 1.165) is 37.2 Å². The summed E-state index contributed by atoms with van der Waals surface area (Å²) < 4.78 is 15.4. The number of piperidine rings is 1. The van der Waals surface area contributed by atoms with Crippen molar-refractivity contribution in [2.24, 2.45) is 5.92 Å². The molecule has 0 aromatic carbocycles. The SMILES string of the molecule is CC(C)(O)C1CCCN(c2ccc(Nc3cnc(-c4cnc5cc(F)ccn45)c4c3C(=O)NC4)nc2)C1. The molecule has 37 heavy (non-hydrogen) atoms. The van der Waals surface area contributed by atoms with Gasteiger partial charge in [-0.3, -0.25) is 14.2 Å². The molecular weight excluding hydrogens is 473 g/mol. The van der Waals surface area contributed by atoms with Crippen molar-refractivity contribution in [3.8, 4) is 11.4 Å². The number of amides is 1. The van der Waals surface area contributed by atoms with Gasteiger partial charge in [0, 0.05) is 43.4 Å². The van der Waals surface area contributed by atoms with Crippen LogP contribution in [0.1, 0.15) is 42.6 Å². The number of hydrogen-bond acceptors (Lipinski definition) is 7. The molecule has 4 aromatic heterocycles. The summed E-state index contributed by atoms with van der Waals surface area (Å²) in [4.78, 5) is 28.6. The highest BCUT2D eigenvalue weighted by Gasteiger charge is 2.32. The first-order valence-electron chi connectivity index (χ1n) is 12.4. The molecular formula is C27H28FN7O2. The van der Waals surface area contributed by atoms with Gasteiger partial charge in [-0.1, -0.05) is 0 Å². The van der Waals surface area contributed by atoms with E-state index in [1.807, 2.05) is 32.2 Å². The number of nitrogens with one attached hydrogen (secondary N) is 2. The first-order chi connectivity index (χ1) is 17.8. The lowest BCUT2D eigenvalue weighted by atomic mass is 9.84. The van der Waals surface area contributed by atoms with Crippen LogP contribution in [0.2, 0.25) is 0 Å². The van der Waals surface area contributed by atoms with Gasteiger partial charge in [0.2, 0.25) is 0 Å². The Morgan fingerprint density at radius 3 is 2.81 bits per heavy atom. The number of rotatable bonds is 5. The lowest BCUT2D eigenvalue weighted by Crippen LogP contribution is -2.44. The number of aromatic nitrogens is 4. The van der Waals surface area contributed by atoms with Crippen molar-refractivity contribution in [1.29, 1.82) is 0 Å². The van der Waals surface area contributed by atoms with E-state index in [1.165, 1.54) is 12.1 Å². The number of hydrogen-bond donors (Lipinski definition) is 3. The van der Waals surface area contributed by atoms with E-state index in [9.17, 15) is 14.3 Å². The second-order valence-corrected chi connectivity index (χ2v) is 10.2. The monoisotopic (exact) mass is 501 g/mol. The Hall–Kier alpha value is -4.05. The molecule has 0 radical (unpaired) electrons. The number of carbonyl (C=O) groups excluding carboxylic acids is 1. The molecule has 2 aliphatic rings. The van der Waals surface area contributed by atoms with Crippen LogP contribution in [0.15, 0.2) is 49.1 Å². The normalized spacial score (nSPS) is 17.7. The van der Waals surface area contributed by atoms with Crippen LogP contribution in [-0.2, 0) is 6.54 Å². The topological polar surface area (TPSA) is 108 Å². The van der Waals surface area contributed by atoms with Gasteiger partial charge in [-0.2, -0.15) is 0 Å². The third kappa shape index (κ3) is 4.27. The van der Waals surface area contributed by atoms with Crippen LogP contribution in [0.3, 0.4) is 0 Å². The minimum Gasteiger partial charge on any atom is -0.390 e. The molecule has 2 aliphatic heterocycles. The maximum absolute atomic E-state index is 13.6. The van der Waals surface area contributed by atoms with E-state index in [1.54, 1.807) is 23.0 Å². The maximum atomic E-state index is 13.6. The summed E-state index contributed by atoms with van der Waals surface area (Å²) in [7, 11) is 0. The molecule has 6 rings (SSSR count). The van der Waals surface area contributed by atoms with E-state index in [-0.39, 0.29) is 17.6 Å². The molecule has 3 N–H and O–H groups in total. The minimum absolute atomic E-state index is 0.191. The third-order valence-electron chi connectivity index (χ3n) is 7.35. The Morgan fingerprint density at radius 2 is 2.03 bits per heavy atom. The summed E-state index contributed by atoms with van der Waals surface area (Å²) >= 11 is 0. The number of halogens is 1. The van der Waals surface area contributed by atoms with Gasteiger partial charge in [0.25, 0.3) is 5.91 Å². The first kappa shape index (κ1) is 23.4. The summed E-state index contributed by atoms with van der Waals surface area (Å²) in [5.74, 6) is 0.247. The molecule has 1 atom stereocenters. The number of nitrogens with zero attached hydrogens (tertiary/aromatic N) is 5. The predicted octanol–water partition coefficient (Wildman–Crippen LogP) is 3.90. The fourth-order valence-electron chi connectivity index (χ4n) is 5.26. The van der Waals surface area contributed by atoms with Gasteiger partial charge < -0.3 is 20.6 Å². The molecule has 0 spiro atoms. The van der Waals surface area contributed by atoms with Gasteiger partial charge in [-0.05, 0) is 44.9 Å². The standard InChI is InChI=1S/C27H28FN7O2/c1-27(2,37)16-4-3-8-34(15-16)18-5-6-22(29-11-18)33-20-13-31-25(19-12-32-26(36)24(19)20)21-14-30-23-10-17(28)7-9-35(21)23/h5-7,9-11,13-14,16,37H,3-4,8,12,15H2,1-2H3,(H,29,33)(H,32,36). The van der Waals surface area contributed by atoms with Crippen LogP contribution in [-0.4, -0.2) is 49.1 Å². The third-order valence-corrected chi connectivity index (χ3v) is 7.35. The Kier molecular flexibility index (Phi) is 5.56. The minimum atomic E-state index is -0.715. The zero-order valence-corrected chi connectivity index (χ0v) is 20.7. The second-order valence-electron chi connectivity index (χ2n) is 10.2. The summed E-state index contributed by atoms with van der Waals surface area (Å²) in [5, 5.41) is 16.6. The van der Waals surface area contributed by atoms with Crippen molar-refractivity contribution in [3.63, 3.8) is 0 Å². The Balaban J connectivity index is 1.27. The van der Waals surface area contributed by atoms with Gasteiger partial charge in [-0.25, -0.2) is 14.4 Å². The average molecular weight is 502 g/mol. The summed E-state index contributed by atoms with van der Waals surface area (Å²) in [6.45, 7) is 5.79.